The maximum Gasteiger partial charge on any atom is 0.474 e. The van der Waals surface area contributed by atoms with Crippen LogP contribution in [0.5, 0.6) is 0 Å². The zero-order chi connectivity index (χ0) is 27.1. The number of rotatable bonds is 9. The molecule has 6 N–H and O–H groups in total. The Labute approximate surface area is 207 Å². The molecule has 3 saturated heterocycles. The molecule has 17 heteroatoms. The van der Waals surface area contributed by atoms with E-state index in [1.165, 1.54) is 28.3 Å². The molecular weight excluding hydrogens is 515 g/mol. The molecule has 212 valence electrons. The van der Waals surface area contributed by atoms with Crippen LogP contribution in [0.25, 0.3) is 0 Å². The summed E-state index contributed by atoms with van der Waals surface area (Å²) in [5, 5.41) is 49.7. The second-order valence-electron chi connectivity index (χ2n) is 8.80. The van der Waals surface area contributed by atoms with Crippen molar-refractivity contribution in [3.63, 3.8) is 0 Å². The van der Waals surface area contributed by atoms with Crippen LogP contribution in [0.1, 0.15) is 13.8 Å². The molecule has 3 aliphatic rings. The molecule has 3 heterocycles. The first kappa shape index (κ1) is 30.2. The van der Waals surface area contributed by atoms with E-state index in [1.54, 1.807) is 6.92 Å². The molecule has 0 aromatic heterocycles. The van der Waals surface area contributed by atoms with E-state index in [1.807, 2.05) is 0 Å². The number of fused-ring (bicyclic) bond motifs is 1. The molecule has 3 aliphatic heterocycles. The quantitative estimate of drug-likeness (QED) is 0.159. The van der Waals surface area contributed by atoms with E-state index in [0.717, 1.165) is 0 Å². The molecule has 0 saturated carbocycles. The summed E-state index contributed by atoms with van der Waals surface area (Å²) in [5.74, 6) is -2.97. The van der Waals surface area contributed by atoms with Crippen LogP contribution >= 0.6 is 7.82 Å². The Kier molecular flexibility index (Phi) is 9.55. The van der Waals surface area contributed by atoms with Crippen molar-refractivity contribution < 1.29 is 77.2 Å². The van der Waals surface area contributed by atoms with Gasteiger partial charge in [0, 0.05) is 21.3 Å². The molecule has 0 amide bonds. The first-order valence-corrected chi connectivity index (χ1v) is 12.5. The SMILES string of the molecule is CO[C@H]1O[C@H](COP(=O)(O)O[C@H]2O[C@H](CO)[C@@H](O)[C@H](O)[C@@H]2O)[C@H]2O[C@](C)(OC)[C@@](C)(OC)O[C@@H]2[C@@H]1O. The summed E-state index contributed by atoms with van der Waals surface area (Å²) in [6, 6.07) is 0. The third kappa shape index (κ3) is 5.65. The van der Waals surface area contributed by atoms with E-state index in [2.05, 4.69) is 0 Å². The van der Waals surface area contributed by atoms with Gasteiger partial charge in [-0.3, -0.25) is 9.05 Å². The fourth-order valence-electron chi connectivity index (χ4n) is 4.18. The molecule has 16 nitrogen and oxygen atoms in total. The highest BCUT2D eigenvalue weighted by molar-refractivity contribution is 7.47. The third-order valence-corrected chi connectivity index (χ3v) is 7.61. The van der Waals surface area contributed by atoms with E-state index in [4.69, 9.17) is 42.2 Å². The molecule has 0 aliphatic carbocycles. The van der Waals surface area contributed by atoms with E-state index in [0.29, 0.717) is 0 Å². The van der Waals surface area contributed by atoms with Crippen LogP contribution in [0, 0.1) is 0 Å². The molecule has 0 bridgehead atoms. The molecule has 0 spiro atoms. The number of methoxy groups -OCH3 is 3. The van der Waals surface area contributed by atoms with Crippen molar-refractivity contribution in [1.29, 1.82) is 0 Å². The molecular formula is C19H35O16P. The van der Waals surface area contributed by atoms with Gasteiger partial charge >= 0.3 is 7.82 Å². The van der Waals surface area contributed by atoms with Crippen molar-refractivity contribution in [3.05, 3.63) is 0 Å². The fourth-order valence-corrected chi connectivity index (χ4v) is 5.02. The zero-order valence-electron chi connectivity index (χ0n) is 20.4. The molecule has 1 unspecified atom stereocenters. The highest BCUT2D eigenvalue weighted by Gasteiger charge is 2.62. The summed E-state index contributed by atoms with van der Waals surface area (Å²) in [6.45, 7) is 1.64. The van der Waals surface area contributed by atoms with Gasteiger partial charge < -0.3 is 63.6 Å². The van der Waals surface area contributed by atoms with Crippen molar-refractivity contribution in [2.45, 2.75) is 86.8 Å². The Morgan fingerprint density at radius 3 is 1.89 bits per heavy atom. The summed E-state index contributed by atoms with van der Waals surface area (Å²) < 4.78 is 61.3. The molecule has 0 aromatic rings. The largest absolute Gasteiger partial charge is 0.474 e. The van der Waals surface area contributed by atoms with Gasteiger partial charge in [0.1, 0.15) is 48.8 Å². The number of phosphoric acid groups is 1. The van der Waals surface area contributed by atoms with Crippen LogP contribution in [0.2, 0.25) is 0 Å². The van der Waals surface area contributed by atoms with Gasteiger partial charge in [-0.15, -0.1) is 0 Å². The Morgan fingerprint density at radius 2 is 1.36 bits per heavy atom. The lowest BCUT2D eigenvalue weighted by Crippen LogP contribution is -2.73. The van der Waals surface area contributed by atoms with E-state index in [9.17, 15) is 35.0 Å². The fraction of sp³-hybridized carbons (Fsp3) is 1.00. The smallest absolute Gasteiger partial charge is 0.394 e. The van der Waals surface area contributed by atoms with Crippen LogP contribution < -0.4 is 0 Å². The van der Waals surface area contributed by atoms with Gasteiger partial charge in [-0.05, 0) is 13.8 Å². The topological polar surface area (TPSA) is 222 Å². The number of hydrogen-bond acceptors (Lipinski definition) is 15. The van der Waals surface area contributed by atoms with Crippen LogP contribution in [-0.4, -0.2) is 138 Å². The van der Waals surface area contributed by atoms with E-state index in [-0.39, 0.29) is 0 Å². The first-order chi connectivity index (χ1) is 16.8. The number of hydrogen-bond donors (Lipinski definition) is 6. The van der Waals surface area contributed by atoms with Gasteiger partial charge in [-0.2, -0.15) is 0 Å². The lowest BCUT2D eigenvalue weighted by Gasteiger charge is -2.56. The standard InChI is InChI=1S/C19H35O16P/c1-18(28-4)19(2,29-5)34-15-13(24)16(27-3)32-9(14(15)33-18)7-30-36(25,26)35-17-12(23)11(22)10(21)8(6-20)31-17/h8-17,20-24H,6-7H2,1-5H3,(H,25,26)/t8-,9-,10-,11+,12+,13+,14-,15-,16+,17-,18+,19+/m1/s1. The minimum absolute atomic E-state index is 0.661. The first-order valence-electron chi connectivity index (χ1n) is 11.0. The number of aliphatic hydroxyl groups is 5. The van der Waals surface area contributed by atoms with Crippen molar-refractivity contribution in [2.75, 3.05) is 34.5 Å². The van der Waals surface area contributed by atoms with Crippen molar-refractivity contribution >= 4 is 7.82 Å². The highest BCUT2D eigenvalue weighted by Crippen LogP contribution is 2.48. The Bertz CT molecular complexity index is 787. The minimum Gasteiger partial charge on any atom is -0.394 e. The average molecular weight is 550 g/mol. The monoisotopic (exact) mass is 550 g/mol. The van der Waals surface area contributed by atoms with Crippen LogP contribution in [0.4, 0.5) is 0 Å². The van der Waals surface area contributed by atoms with Gasteiger partial charge in [0.25, 0.3) is 0 Å². The van der Waals surface area contributed by atoms with Gasteiger partial charge in [-0.25, -0.2) is 4.57 Å². The van der Waals surface area contributed by atoms with Gasteiger partial charge in [0.2, 0.25) is 11.6 Å². The molecule has 13 atom stereocenters. The van der Waals surface area contributed by atoms with E-state index >= 15 is 0 Å². The minimum atomic E-state index is -5.00. The van der Waals surface area contributed by atoms with Crippen molar-refractivity contribution in [3.8, 4) is 0 Å². The van der Waals surface area contributed by atoms with Gasteiger partial charge in [-0.1, -0.05) is 0 Å². The number of phosphoric ester groups is 1. The summed E-state index contributed by atoms with van der Waals surface area (Å²) in [7, 11) is -1.03. The molecule has 3 rings (SSSR count). The Hall–Kier alpha value is -0.370. The summed E-state index contributed by atoms with van der Waals surface area (Å²) in [5.41, 5.74) is 0. The molecule has 0 aromatic carbocycles. The second-order valence-corrected chi connectivity index (χ2v) is 10.2. The van der Waals surface area contributed by atoms with Crippen molar-refractivity contribution in [1.82, 2.24) is 0 Å². The maximum absolute atomic E-state index is 12.6. The maximum atomic E-state index is 12.6. The average Bonchev–Trinajstić information content (AvgIpc) is 2.85. The lowest BCUT2D eigenvalue weighted by atomic mass is 9.94. The predicted molar refractivity (Wildman–Crippen MR) is 113 cm³/mol. The second kappa shape index (κ2) is 11.4. The van der Waals surface area contributed by atoms with Crippen molar-refractivity contribution in [2.24, 2.45) is 0 Å². The Morgan fingerprint density at radius 1 is 0.806 bits per heavy atom. The molecule has 0 radical (unpaired) electrons. The Balaban J connectivity index is 1.74. The number of aliphatic hydroxyl groups excluding tert-OH is 5. The molecule has 36 heavy (non-hydrogen) atoms. The normalized spacial score (nSPS) is 49.3. The summed E-state index contributed by atoms with van der Waals surface area (Å²) >= 11 is 0. The van der Waals surface area contributed by atoms with E-state index < -0.39 is 94.0 Å². The summed E-state index contributed by atoms with van der Waals surface area (Å²) in [6.07, 6.45) is -14.7. The lowest BCUT2D eigenvalue weighted by molar-refractivity contribution is -0.479. The zero-order valence-corrected chi connectivity index (χ0v) is 21.3. The summed E-state index contributed by atoms with van der Waals surface area (Å²) in [4.78, 5) is 10.2. The van der Waals surface area contributed by atoms with Crippen LogP contribution in [0.3, 0.4) is 0 Å². The van der Waals surface area contributed by atoms with Crippen LogP contribution in [-0.2, 0) is 46.8 Å². The van der Waals surface area contributed by atoms with Gasteiger partial charge in [0.15, 0.2) is 12.6 Å². The van der Waals surface area contributed by atoms with Gasteiger partial charge in [0.05, 0.1) is 13.2 Å². The third-order valence-electron chi connectivity index (χ3n) is 6.66. The highest BCUT2D eigenvalue weighted by atomic mass is 31.2. The molecule has 3 fully saturated rings. The van der Waals surface area contributed by atoms with Crippen LogP contribution in [0.15, 0.2) is 0 Å². The number of ether oxygens (including phenoxy) is 7. The predicted octanol–water partition coefficient (Wildman–Crippen LogP) is -2.84.